The van der Waals surface area contributed by atoms with Crippen LogP contribution in [0, 0.1) is 0 Å². The summed E-state index contributed by atoms with van der Waals surface area (Å²) in [6.45, 7) is 7.31. The molecule has 1 saturated heterocycles. The van der Waals surface area contributed by atoms with Gasteiger partial charge >= 0.3 is 5.97 Å². The molecule has 0 aromatic heterocycles. The summed E-state index contributed by atoms with van der Waals surface area (Å²) < 4.78 is 0. The predicted molar refractivity (Wildman–Crippen MR) is 64.6 cm³/mol. The summed E-state index contributed by atoms with van der Waals surface area (Å²) in [7, 11) is 1.94. The van der Waals surface area contributed by atoms with Gasteiger partial charge in [0.1, 0.15) is 6.04 Å². The van der Waals surface area contributed by atoms with E-state index in [0.29, 0.717) is 6.04 Å². The number of hydrogen-bond donors (Lipinski definition) is 1. The van der Waals surface area contributed by atoms with Crippen molar-refractivity contribution in [2.45, 2.75) is 45.2 Å². The molecule has 0 spiro atoms. The van der Waals surface area contributed by atoms with E-state index in [1.54, 1.807) is 6.92 Å². The van der Waals surface area contributed by atoms with Crippen LogP contribution in [0.4, 0.5) is 0 Å². The van der Waals surface area contributed by atoms with E-state index in [4.69, 9.17) is 5.11 Å². The third kappa shape index (κ3) is 3.46. The highest BCUT2D eigenvalue weighted by atomic mass is 16.4. The second kappa shape index (κ2) is 6.21. The fraction of sp³-hybridized carbons (Fsp3) is 0.917. The summed E-state index contributed by atoms with van der Waals surface area (Å²) in [6.07, 6.45) is 3.38. The molecule has 1 fully saturated rings. The monoisotopic (exact) mass is 228 g/mol. The lowest BCUT2D eigenvalue weighted by Gasteiger charge is -2.30. The molecule has 4 heteroatoms. The molecule has 2 atom stereocenters. The van der Waals surface area contributed by atoms with Crippen molar-refractivity contribution < 1.29 is 9.90 Å². The highest BCUT2D eigenvalue weighted by Crippen LogP contribution is 2.17. The maximum absolute atomic E-state index is 10.9. The molecule has 2 unspecified atom stereocenters. The molecule has 0 bridgehead atoms. The lowest BCUT2D eigenvalue weighted by molar-refractivity contribution is -0.143. The summed E-state index contributed by atoms with van der Waals surface area (Å²) >= 11 is 0. The molecule has 0 amide bonds. The van der Waals surface area contributed by atoms with E-state index < -0.39 is 5.97 Å². The van der Waals surface area contributed by atoms with Crippen LogP contribution in [0.5, 0.6) is 0 Å². The van der Waals surface area contributed by atoms with Crippen molar-refractivity contribution in [3.05, 3.63) is 0 Å². The van der Waals surface area contributed by atoms with Crippen molar-refractivity contribution in [2.24, 2.45) is 0 Å². The minimum Gasteiger partial charge on any atom is -0.480 e. The fourth-order valence-electron chi connectivity index (χ4n) is 2.35. The summed E-state index contributed by atoms with van der Waals surface area (Å²) in [5.74, 6) is -0.723. The molecule has 1 aliphatic rings. The molecule has 1 heterocycles. The Hall–Kier alpha value is -0.610. The SMILES string of the molecule is CCN1CCCC(N(C)C(C)C(=O)O)CC1. The number of hydrogen-bond acceptors (Lipinski definition) is 3. The zero-order valence-electron chi connectivity index (χ0n) is 10.6. The molecule has 1 N–H and O–H groups in total. The van der Waals surface area contributed by atoms with E-state index in [2.05, 4.69) is 11.8 Å². The van der Waals surface area contributed by atoms with Gasteiger partial charge in [-0.05, 0) is 52.9 Å². The molecule has 1 rings (SSSR count). The molecule has 16 heavy (non-hydrogen) atoms. The van der Waals surface area contributed by atoms with Crippen molar-refractivity contribution >= 4 is 5.97 Å². The Morgan fingerprint density at radius 2 is 2.19 bits per heavy atom. The van der Waals surface area contributed by atoms with E-state index in [1.807, 2.05) is 11.9 Å². The van der Waals surface area contributed by atoms with Gasteiger partial charge in [-0.3, -0.25) is 9.69 Å². The standard InChI is InChI=1S/C12H24N2O2/c1-4-14-8-5-6-11(7-9-14)13(3)10(2)12(15)16/h10-11H,4-9H2,1-3H3,(H,15,16). The minimum absolute atomic E-state index is 0.377. The highest BCUT2D eigenvalue weighted by molar-refractivity contribution is 5.72. The summed E-state index contributed by atoms with van der Waals surface area (Å²) in [5, 5.41) is 9.00. The molecule has 1 aliphatic heterocycles. The molecule has 0 aromatic rings. The van der Waals surface area contributed by atoms with Gasteiger partial charge in [0.15, 0.2) is 0 Å². The van der Waals surface area contributed by atoms with Crippen LogP contribution in [0.25, 0.3) is 0 Å². The number of likely N-dealkylation sites (N-methyl/N-ethyl adjacent to an activating group) is 1. The zero-order valence-corrected chi connectivity index (χ0v) is 10.6. The molecule has 4 nitrogen and oxygen atoms in total. The number of nitrogens with zero attached hydrogens (tertiary/aromatic N) is 2. The molecule has 0 aliphatic carbocycles. The van der Waals surface area contributed by atoms with Gasteiger partial charge in [-0.25, -0.2) is 0 Å². The smallest absolute Gasteiger partial charge is 0.320 e. The second-order valence-corrected chi connectivity index (χ2v) is 4.70. The minimum atomic E-state index is -0.723. The van der Waals surface area contributed by atoms with E-state index >= 15 is 0 Å². The van der Waals surface area contributed by atoms with Crippen molar-refractivity contribution in [3.63, 3.8) is 0 Å². The maximum atomic E-state index is 10.9. The van der Waals surface area contributed by atoms with Crippen LogP contribution in [0.3, 0.4) is 0 Å². The number of carbonyl (C=O) groups is 1. The molecule has 0 saturated carbocycles. The van der Waals surface area contributed by atoms with Gasteiger partial charge in [0, 0.05) is 6.04 Å². The summed E-state index contributed by atoms with van der Waals surface area (Å²) in [5.41, 5.74) is 0. The Balaban J connectivity index is 2.50. The van der Waals surface area contributed by atoms with E-state index in [-0.39, 0.29) is 6.04 Å². The Labute approximate surface area is 98.2 Å². The van der Waals surface area contributed by atoms with Crippen LogP contribution >= 0.6 is 0 Å². The quantitative estimate of drug-likeness (QED) is 0.787. The van der Waals surface area contributed by atoms with E-state index in [1.165, 1.54) is 6.42 Å². The number of aliphatic carboxylic acids is 1. The molecule has 0 radical (unpaired) electrons. The van der Waals surface area contributed by atoms with Gasteiger partial charge in [-0.15, -0.1) is 0 Å². The van der Waals surface area contributed by atoms with Crippen LogP contribution in [0.1, 0.15) is 33.1 Å². The first-order valence-electron chi connectivity index (χ1n) is 6.23. The van der Waals surface area contributed by atoms with Crippen LogP contribution in [-0.2, 0) is 4.79 Å². The Bertz CT molecular complexity index is 233. The molecule has 94 valence electrons. The number of likely N-dealkylation sites (tertiary alicyclic amines) is 1. The average molecular weight is 228 g/mol. The summed E-state index contributed by atoms with van der Waals surface area (Å²) in [6, 6.07) is 0.0424. The van der Waals surface area contributed by atoms with E-state index in [0.717, 1.165) is 32.5 Å². The topological polar surface area (TPSA) is 43.8 Å². The van der Waals surface area contributed by atoms with Gasteiger partial charge in [-0.2, -0.15) is 0 Å². The van der Waals surface area contributed by atoms with Gasteiger partial charge in [0.05, 0.1) is 0 Å². The highest BCUT2D eigenvalue weighted by Gasteiger charge is 2.26. The summed E-state index contributed by atoms with van der Waals surface area (Å²) in [4.78, 5) is 15.4. The average Bonchev–Trinajstić information content (AvgIpc) is 2.51. The van der Waals surface area contributed by atoms with E-state index in [9.17, 15) is 4.79 Å². The van der Waals surface area contributed by atoms with Gasteiger partial charge < -0.3 is 10.0 Å². The first-order chi connectivity index (χ1) is 7.56. The largest absolute Gasteiger partial charge is 0.480 e. The lowest BCUT2D eigenvalue weighted by Crippen LogP contribution is -2.43. The van der Waals surface area contributed by atoms with Crippen LogP contribution in [0.15, 0.2) is 0 Å². The Kier molecular flexibility index (Phi) is 5.22. The normalized spacial score (nSPS) is 25.4. The first-order valence-corrected chi connectivity index (χ1v) is 6.23. The Morgan fingerprint density at radius 3 is 2.75 bits per heavy atom. The van der Waals surface area contributed by atoms with Gasteiger partial charge in [0.25, 0.3) is 0 Å². The first kappa shape index (κ1) is 13.5. The maximum Gasteiger partial charge on any atom is 0.320 e. The third-order valence-electron chi connectivity index (χ3n) is 3.78. The van der Waals surface area contributed by atoms with Crippen molar-refractivity contribution in [2.75, 3.05) is 26.7 Å². The number of carboxylic acid groups (broad SMARTS) is 1. The number of rotatable bonds is 4. The number of carboxylic acids is 1. The molecular weight excluding hydrogens is 204 g/mol. The Morgan fingerprint density at radius 1 is 1.50 bits per heavy atom. The van der Waals surface area contributed by atoms with Gasteiger partial charge in [-0.1, -0.05) is 6.92 Å². The van der Waals surface area contributed by atoms with Crippen LogP contribution in [-0.4, -0.2) is 59.6 Å². The van der Waals surface area contributed by atoms with Crippen LogP contribution < -0.4 is 0 Å². The molecular formula is C12H24N2O2. The molecule has 0 aromatic carbocycles. The third-order valence-corrected chi connectivity index (χ3v) is 3.78. The van der Waals surface area contributed by atoms with Gasteiger partial charge in [0.2, 0.25) is 0 Å². The zero-order chi connectivity index (χ0) is 12.1. The predicted octanol–water partition coefficient (Wildman–Crippen LogP) is 1.27. The van der Waals surface area contributed by atoms with Crippen molar-refractivity contribution in [1.82, 2.24) is 9.80 Å². The van der Waals surface area contributed by atoms with Crippen LogP contribution in [0.2, 0.25) is 0 Å². The fourth-order valence-corrected chi connectivity index (χ4v) is 2.35. The van der Waals surface area contributed by atoms with Crippen molar-refractivity contribution in [3.8, 4) is 0 Å². The van der Waals surface area contributed by atoms with Crippen molar-refractivity contribution in [1.29, 1.82) is 0 Å². The second-order valence-electron chi connectivity index (χ2n) is 4.70. The lowest BCUT2D eigenvalue weighted by atomic mass is 10.1.